The minimum Gasteiger partial charge on any atom is -0.480 e. The van der Waals surface area contributed by atoms with Crippen LogP contribution >= 0.6 is 24.4 Å². The fourth-order valence-electron chi connectivity index (χ4n) is 1.57. The normalized spacial score (nSPS) is 28.2. The summed E-state index contributed by atoms with van der Waals surface area (Å²) in [6.07, 6.45) is 2.83. The van der Waals surface area contributed by atoms with Crippen LogP contribution in [0.5, 0.6) is 0 Å². The molecule has 2 N–H and O–H groups in total. The molecule has 0 aromatic carbocycles. The molecule has 0 bridgehead atoms. The lowest BCUT2D eigenvalue weighted by Crippen LogP contribution is -2.46. The van der Waals surface area contributed by atoms with Crippen molar-refractivity contribution < 1.29 is 14.7 Å². The topological polar surface area (TPSA) is 66.4 Å². The predicted molar refractivity (Wildman–Crippen MR) is 68.1 cm³/mol. The lowest BCUT2D eigenvalue weighted by atomic mass is 10.0. The number of thioether (sulfide) groups is 1. The van der Waals surface area contributed by atoms with Crippen molar-refractivity contribution in [3.63, 3.8) is 0 Å². The van der Waals surface area contributed by atoms with Crippen molar-refractivity contribution in [1.82, 2.24) is 5.32 Å². The summed E-state index contributed by atoms with van der Waals surface area (Å²) in [7, 11) is 0. The summed E-state index contributed by atoms with van der Waals surface area (Å²) in [5.74, 6) is 0.586. The molecule has 1 rings (SSSR count). The average molecular weight is 263 g/mol. The number of carboxylic acids is 1. The number of thiol groups is 1. The summed E-state index contributed by atoms with van der Waals surface area (Å²) < 4.78 is 0. The van der Waals surface area contributed by atoms with Gasteiger partial charge < -0.3 is 10.4 Å². The Morgan fingerprint density at radius 1 is 1.56 bits per heavy atom. The van der Waals surface area contributed by atoms with Crippen LogP contribution in [-0.4, -0.2) is 40.3 Å². The average Bonchev–Trinajstić information content (AvgIpc) is 2.26. The van der Waals surface area contributed by atoms with E-state index in [2.05, 4.69) is 17.9 Å². The molecule has 1 aliphatic rings. The number of hydrogen-bond donors (Lipinski definition) is 3. The molecule has 4 nitrogen and oxygen atoms in total. The van der Waals surface area contributed by atoms with E-state index < -0.39 is 12.0 Å². The number of rotatable bonds is 2. The number of carboxylic acid groups (broad SMARTS) is 1. The summed E-state index contributed by atoms with van der Waals surface area (Å²) in [6.45, 7) is 0. The fraction of sp³-hybridized carbons (Fsp3) is 0.800. The van der Waals surface area contributed by atoms with Crippen LogP contribution in [0.25, 0.3) is 0 Å². The zero-order valence-corrected chi connectivity index (χ0v) is 10.7. The van der Waals surface area contributed by atoms with Gasteiger partial charge in [-0.2, -0.15) is 24.4 Å². The van der Waals surface area contributed by atoms with Crippen molar-refractivity contribution >= 4 is 36.3 Å². The number of hydrogen-bond acceptors (Lipinski definition) is 4. The van der Waals surface area contributed by atoms with Crippen molar-refractivity contribution in [3.05, 3.63) is 0 Å². The molecule has 2 atom stereocenters. The second kappa shape index (κ2) is 7.06. The highest BCUT2D eigenvalue weighted by Gasteiger charge is 2.25. The molecule has 1 amide bonds. The zero-order valence-electron chi connectivity index (χ0n) is 9.02. The lowest BCUT2D eigenvalue weighted by molar-refractivity contribution is -0.141. The first kappa shape index (κ1) is 13.7. The highest BCUT2D eigenvalue weighted by molar-refractivity contribution is 7.99. The van der Waals surface area contributed by atoms with E-state index in [4.69, 9.17) is 5.11 Å². The van der Waals surface area contributed by atoms with Crippen molar-refractivity contribution in [2.45, 2.75) is 25.3 Å². The summed E-state index contributed by atoms with van der Waals surface area (Å²) in [5.41, 5.74) is 0. The quantitative estimate of drug-likeness (QED) is 0.651. The highest BCUT2D eigenvalue weighted by atomic mass is 32.2. The molecule has 1 fully saturated rings. The zero-order chi connectivity index (χ0) is 12.0. The first-order valence-corrected chi connectivity index (χ1v) is 7.15. The maximum atomic E-state index is 11.7. The lowest BCUT2D eigenvalue weighted by Gasteiger charge is -2.20. The van der Waals surface area contributed by atoms with Crippen LogP contribution in [0.15, 0.2) is 0 Å². The molecular formula is C10H17NO3S2. The Kier molecular flexibility index (Phi) is 6.05. The van der Waals surface area contributed by atoms with E-state index >= 15 is 0 Å². The molecule has 16 heavy (non-hydrogen) atoms. The van der Waals surface area contributed by atoms with Crippen LogP contribution in [0, 0.1) is 5.92 Å². The van der Waals surface area contributed by atoms with Gasteiger partial charge in [-0.15, -0.1) is 0 Å². The molecule has 92 valence electrons. The van der Waals surface area contributed by atoms with E-state index in [9.17, 15) is 9.59 Å². The monoisotopic (exact) mass is 263 g/mol. The number of carbonyl (C=O) groups is 2. The van der Waals surface area contributed by atoms with Gasteiger partial charge >= 0.3 is 5.97 Å². The molecule has 1 saturated heterocycles. The SMILES string of the molecule is O=C1N[C@H](C(=O)O)CSCCCCC1CS. The van der Waals surface area contributed by atoms with Crippen LogP contribution < -0.4 is 5.32 Å². The van der Waals surface area contributed by atoms with E-state index in [-0.39, 0.29) is 11.8 Å². The van der Waals surface area contributed by atoms with Crippen LogP contribution in [0.2, 0.25) is 0 Å². The van der Waals surface area contributed by atoms with Crippen molar-refractivity contribution in [3.8, 4) is 0 Å². The molecule has 0 radical (unpaired) electrons. The van der Waals surface area contributed by atoms with Gasteiger partial charge in [-0.25, -0.2) is 4.79 Å². The molecule has 0 aliphatic carbocycles. The maximum Gasteiger partial charge on any atom is 0.327 e. The Balaban J connectivity index is 2.63. The number of amides is 1. The summed E-state index contributed by atoms with van der Waals surface area (Å²) >= 11 is 5.72. The second-order valence-electron chi connectivity index (χ2n) is 3.85. The second-order valence-corrected chi connectivity index (χ2v) is 5.36. The van der Waals surface area contributed by atoms with Gasteiger partial charge in [-0.05, 0) is 18.6 Å². The minimum absolute atomic E-state index is 0.159. The Morgan fingerprint density at radius 2 is 2.31 bits per heavy atom. The van der Waals surface area contributed by atoms with Gasteiger partial charge in [0.1, 0.15) is 6.04 Å². The van der Waals surface area contributed by atoms with Gasteiger partial charge in [0.25, 0.3) is 0 Å². The molecule has 1 aliphatic heterocycles. The van der Waals surface area contributed by atoms with E-state index in [1.54, 1.807) is 11.8 Å². The molecule has 0 saturated carbocycles. The Labute approximate surface area is 105 Å². The third-order valence-electron chi connectivity index (χ3n) is 2.58. The highest BCUT2D eigenvalue weighted by Crippen LogP contribution is 2.16. The molecule has 0 spiro atoms. The molecular weight excluding hydrogens is 246 g/mol. The smallest absolute Gasteiger partial charge is 0.327 e. The van der Waals surface area contributed by atoms with Gasteiger partial charge in [0.2, 0.25) is 5.91 Å². The van der Waals surface area contributed by atoms with Crippen molar-refractivity contribution in [2.75, 3.05) is 17.3 Å². The molecule has 1 unspecified atom stereocenters. The van der Waals surface area contributed by atoms with E-state index in [1.165, 1.54) is 0 Å². The Hall–Kier alpha value is -0.360. The van der Waals surface area contributed by atoms with E-state index in [0.717, 1.165) is 25.0 Å². The third-order valence-corrected chi connectivity index (χ3v) is 4.17. The van der Waals surface area contributed by atoms with Crippen LogP contribution in [0.3, 0.4) is 0 Å². The first-order valence-electron chi connectivity index (χ1n) is 5.37. The standard InChI is InChI=1S/C10H17NO3S2/c12-9-7(5-15)3-1-2-4-16-6-8(11-9)10(13)14/h7-8,15H,1-6H2,(H,11,12)(H,13,14)/t7?,8-/m0/s1. The number of carbonyl (C=O) groups excluding carboxylic acids is 1. The summed E-state index contributed by atoms with van der Waals surface area (Å²) in [6, 6.07) is -0.766. The predicted octanol–water partition coefficient (Wildman–Crippen LogP) is 1.02. The third kappa shape index (κ3) is 4.25. The van der Waals surface area contributed by atoms with Gasteiger partial charge in [-0.1, -0.05) is 6.42 Å². The van der Waals surface area contributed by atoms with E-state index in [0.29, 0.717) is 11.5 Å². The summed E-state index contributed by atoms with van der Waals surface area (Å²) in [5, 5.41) is 11.5. The molecule has 1 heterocycles. The van der Waals surface area contributed by atoms with Crippen molar-refractivity contribution in [1.29, 1.82) is 0 Å². The minimum atomic E-state index is -0.959. The van der Waals surface area contributed by atoms with Crippen molar-refractivity contribution in [2.24, 2.45) is 5.92 Å². The first-order chi connectivity index (χ1) is 7.65. The van der Waals surface area contributed by atoms with Crippen LogP contribution in [0.4, 0.5) is 0 Å². The number of aliphatic carboxylic acids is 1. The molecule has 0 aromatic heterocycles. The van der Waals surface area contributed by atoms with Gasteiger partial charge in [0.05, 0.1) is 0 Å². The Morgan fingerprint density at radius 3 is 2.94 bits per heavy atom. The van der Waals surface area contributed by atoms with Gasteiger partial charge in [-0.3, -0.25) is 4.79 Å². The van der Waals surface area contributed by atoms with Gasteiger partial charge in [0, 0.05) is 17.4 Å². The van der Waals surface area contributed by atoms with Gasteiger partial charge in [0.15, 0.2) is 0 Å². The summed E-state index contributed by atoms with van der Waals surface area (Å²) in [4.78, 5) is 22.7. The van der Waals surface area contributed by atoms with Crippen LogP contribution in [-0.2, 0) is 9.59 Å². The maximum absolute atomic E-state index is 11.7. The fourth-order valence-corrected chi connectivity index (χ4v) is 2.95. The Bertz CT molecular complexity index is 260. The van der Waals surface area contributed by atoms with Crippen LogP contribution in [0.1, 0.15) is 19.3 Å². The number of nitrogens with one attached hydrogen (secondary N) is 1. The molecule has 6 heteroatoms. The van der Waals surface area contributed by atoms with E-state index in [1.807, 2.05) is 0 Å². The largest absolute Gasteiger partial charge is 0.480 e. The molecule has 0 aromatic rings.